The largest absolute Gasteiger partial charge is 0.506 e. The number of methoxy groups -OCH3 is 1. The van der Waals surface area contributed by atoms with Crippen molar-refractivity contribution < 1.29 is 47.8 Å². The number of hydrogen-bond donors (Lipinski definition) is 2. The monoisotopic (exact) mass is 572 g/mol. The Morgan fingerprint density at radius 3 is 2.70 bits per heavy atom. The molecule has 1 N–H and O–H groups in total. The van der Waals surface area contributed by atoms with E-state index in [4.69, 9.17) is 37.9 Å². The Labute approximate surface area is 236 Å². The number of aromatic hydroxyl groups is 1. The van der Waals surface area contributed by atoms with Gasteiger partial charge in [0.2, 0.25) is 11.9 Å². The van der Waals surface area contributed by atoms with Gasteiger partial charge in [0.1, 0.15) is 23.4 Å². The molecule has 40 heavy (non-hydrogen) atoms. The number of rotatable bonds is 6. The first-order valence-electron chi connectivity index (χ1n) is 14.0. The molecule has 5 heterocycles. The first-order chi connectivity index (χ1) is 19.4. The van der Waals surface area contributed by atoms with E-state index < -0.39 is 35.7 Å². The van der Waals surface area contributed by atoms with E-state index in [1.54, 1.807) is 7.11 Å². The van der Waals surface area contributed by atoms with Crippen molar-refractivity contribution in [2.45, 2.75) is 74.7 Å². The topological polar surface area (TPSA) is 114 Å². The Hall–Kier alpha value is -2.12. The Balaban J connectivity index is 1.38. The van der Waals surface area contributed by atoms with Gasteiger partial charge in [0.05, 0.1) is 44.5 Å². The van der Waals surface area contributed by atoms with Crippen LogP contribution in [-0.2, 0) is 34.8 Å². The molecule has 0 saturated carbocycles. The molecule has 10 nitrogen and oxygen atoms in total. The molecule has 8 rings (SSSR count). The zero-order chi connectivity index (χ0) is 27.4. The molecule has 5 atom stereocenters. The van der Waals surface area contributed by atoms with Crippen molar-refractivity contribution in [2.75, 3.05) is 39.3 Å². The Kier molecular flexibility index (Phi) is 5.56. The number of hydrogen-bond acceptors (Lipinski definition) is 11. The van der Waals surface area contributed by atoms with Crippen LogP contribution in [-0.4, -0.2) is 79.7 Å². The number of carbonyl (C=O) groups excluding carboxylic acids is 1. The minimum absolute atomic E-state index is 0.107. The molecule has 0 aromatic heterocycles. The molecule has 4 saturated heterocycles. The van der Waals surface area contributed by atoms with Gasteiger partial charge in [0.25, 0.3) is 11.6 Å². The summed E-state index contributed by atoms with van der Waals surface area (Å²) >= 11 is 4.37. The van der Waals surface area contributed by atoms with Gasteiger partial charge in [0.15, 0.2) is 11.9 Å². The maximum atomic E-state index is 13.1. The minimum atomic E-state index is -1.41. The van der Waals surface area contributed by atoms with Crippen LogP contribution in [0.3, 0.4) is 0 Å². The number of thiol groups is 1. The van der Waals surface area contributed by atoms with E-state index in [2.05, 4.69) is 12.6 Å². The van der Waals surface area contributed by atoms with Crippen LogP contribution in [0.2, 0.25) is 0 Å². The lowest BCUT2D eigenvalue weighted by atomic mass is 9.78. The molecule has 6 aliphatic rings. The van der Waals surface area contributed by atoms with Crippen molar-refractivity contribution in [2.24, 2.45) is 0 Å². The second-order valence-corrected chi connectivity index (χ2v) is 11.8. The average Bonchev–Trinajstić information content (AvgIpc) is 3.62. The number of fused-ring (bicyclic) bond motifs is 8. The highest BCUT2D eigenvalue weighted by Gasteiger charge is 2.93. The molecule has 1 spiro atoms. The highest BCUT2D eigenvalue weighted by Crippen LogP contribution is 2.72. The molecular weight excluding hydrogens is 540 g/mol. The van der Waals surface area contributed by atoms with E-state index in [1.807, 2.05) is 13.0 Å². The quantitative estimate of drug-likeness (QED) is 0.303. The molecule has 0 unspecified atom stereocenters. The van der Waals surface area contributed by atoms with Crippen LogP contribution in [0.4, 0.5) is 0 Å². The molecule has 5 aliphatic heterocycles. The van der Waals surface area contributed by atoms with E-state index in [-0.39, 0.29) is 18.1 Å². The Morgan fingerprint density at radius 1 is 1.18 bits per heavy atom. The number of phenolic OH excluding ortho intramolecular Hbond substituents is 1. The molecule has 0 radical (unpaired) electrons. The normalized spacial score (nSPS) is 35.6. The van der Waals surface area contributed by atoms with Crippen LogP contribution < -0.4 is 9.47 Å². The fraction of sp³-hybridized carbons (Fsp3) is 0.621. The lowest BCUT2D eigenvalue weighted by molar-refractivity contribution is -0.367. The zero-order valence-corrected chi connectivity index (χ0v) is 23.3. The molecule has 4 fully saturated rings. The molecule has 1 aliphatic carbocycles. The van der Waals surface area contributed by atoms with E-state index >= 15 is 0 Å². The lowest BCUT2D eigenvalue weighted by Gasteiger charge is -2.50. The van der Waals surface area contributed by atoms with Crippen molar-refractivity contribution in [3.8, 4) is 17.2 Å². The summed E-state index contributed by atoms with van der Waals surface area (Å²) in [5, 5.41) is 12.8. The number of Topliss-reactive ketones (excluding diaryl/α,β-unsaturated/α-hetero) is 1. The van der Waals surface area contributed by atoms with Gasteiger partial charge >= 0.3 is 0 Å². The van der Waals surface area contributed by atoms with Gasteiger partial charge in [0, 0.05) is 22.9 Å². The fourth-order valence-electron chi connectivity index (χ4n) is 7.51. The molecule has 2 bridgehead atoms. The van der Waals surface area contributed by atoms with Gasteiger partial charge < -0.3 is 43.0 Å². The third kappa shape index (κ3) is 2.94. The molecule has 214 valence electrons. The van der Waals surface area contributed by atoms with Crippen molar-refractivity contribution in [3.05, 3.63) is 28.3 Å². The van der Waals surface area contributed by atoms with Gasteiger partial charge in [-0.1, -0.05) is 0 Å². The summed E-state index contributed by atoms with van der Waals surface area (Å²) in [7, 11) is 1.59. The highest BCUT2D eigenvalue weighted by atomic mass is 32.1. The second kappa shape index (κ2) is 8.70. The Bertz CT molecular complexity index is 1430. The summed E-state index contributed by atoms with van der Waals surface area (Å²) in [6.07, 6.45) is 1.03. The number of epoxide rings is 1. The average molecular weight is 573 g/mol. The van der Waals surface area contributed by atoms with Crippen LogP contribution >= 0.6 is 12.6 Å². The first-order valence-corrected chi connectivity index (χ1v) is 14.6. The van der Waals surface area contributed by atoms with Crippen molar-refractivity contribution in [3.63, 3.8) is 0 Å². The van der Waals surface area contributed by atoms with Gasteiger partial charge in [-0.25, -0.2) is 0 Å². The van der Waals surface area contributed by atoms with E-state index in [0.717, 1.165) is 23.1 Å². The van der Waals surface area contributed by atoms with Gasteiger partial charge in [-0.05, 0) is 50.0 Å². The van der Waals surface area contributed by atoms with Crippen LogP contribution in [0.25, 0.3) is 10.8 Å². The smallest absolute Gasteiger partial charge is 0.277 e. The third-order valence-electron chi connectivity index (χ3n) is 9.24. The maximum Gasteiger partial charge on any atom is 0.277 e. The summed E-state index contributed by atoms with van der Waals surface area (Å²) in [6.45, 7) is 3.57. The fourth-order valence-corrected chi connectivity index (χ4v) is 7.64. The van der Waals surface area contributed by atoms with Crippen molar-refractivity contribution in [1.29, 1.82) is 0 Å². The second-order valence-electron chi connectivity index (χ2n) is 11.4. The summed E-state index contributed by atoms with van der Waals surface area (Å²) < 4.78 is 51.2. The number of carbonyl (C=O) groups is 1. The number of phenols is 1. The predicted octanol–water partition coefficient (Wildman–Crippen LogP) is 3.51. The minimum Gasteiger partial charge on any atom is -0.506 e. The third-order valence-corrected chi connectivity index (χ3v) is 9.56. The zero-order valence-electron chi connectivity index (χ0n) is 22.4. The molecule has 11 heteroatoms. The standard InChI is InChI=1S/C29H32O10S/c1-14-12-16-20(21(31)19-15(22(16)32-2)6-3-7-17(19)30)23-18(14)24-25-28(37-23,35-10-5-11-40)27(13-36-27)29(38-24,39-25)26-33-8-4-9-34-26/h12,24-26,31,40H,3-11,13H2,1-2H3/t24-,25-,27-,28+,29-/m0/s1. The summed E-state index contributed by atoms with van der Waals surface area (Å²) in [5.74, 6) is -1.43. The number of ketones is 1. The predicted molar refractivity (Wildman–Crippen MR) is 142 cm³/mol. The lowest BCUT2D eigenvalue weighted by Crippen LogP contribution is -2.70. The molecule has 0 amide bonds. The number of ether oxygens (including phenoxy) is 8. The van der Waals surface area contributed by atoms with Crippen LogP contribution in [0.1, 0.15) is 58.8 Å². The SMILES string of the molecule is COc1c2c(c(O)c3c4c(c(C)cc13)[C@@H]1O[C@@]3(C5OCCCO5)O[C@@H]1[C@@](OCCCS)(O4)[C@@]31CO1)C(=O)CCC2. The summed E-state index contributed by atoms with van der Waals surface area (Å²) in [5.41, 5.74) is 1.47. The highest BCUT2D eigenvalue weighted by molar-refractivity contribution is 7.80. The maximum absolute atomic E-state index is 13.1. The van der Waals surface area contributed by atoms with E-state index in [9.17, 15) is 9.90 Å². The van der Waals surface area contributed by atoms with Gasteiger partial charge in [-0.15, -0.1) is 0 Å². The molecular formula is C29H32O10S. The van der Waals surface area contributed by atoms with Crippen LogP contribution in [0.15, 0.2) is 6.07 Å². The van der Waals surface area contributed by atoms with E-state index in [0.29, 0.717) is 79.1 Å². The summed E-state index contributed by atoms with van der Waals surface area (Å²) in [4.78, 5) is 13.1. The van der Waals surface area contributed by atoms with Crippen molar-refractivity contribution in [1.82, 2.24) is 0 Å². The van der Waals surface area contributed by atoms with Crippen LogP contribution in [0.5, 0.6) is 17.2 Å². The number of aryl methyl sites for hydroxylation is 1. The van der Waals surface area contributed by atoms with E-state index in [1.165, 1.54) is 0 Å². The molecule has 2 aromatic rings. The van der Waals surface area contributed by atoms with Crippen LogP contribution in [0, 0.1) is 6.92 Å². The van der Waals surface area contributed by atoms with Gasteiger partial charge in [-0.3, -0.25) is 4.79 Å². The number of benzene rings is 2. The first kappa shape index (κ1) is 25.6. The Morgan fingerprint density at radius 2 is 1.98 bits per heavy atom. The van der Waals surface area contributed by atoms with Crippen molar-refractivity contribution >= 4 is 29.2 Å². The molecule has 2 aromatic carbocycles. The summed E-state index contributed by atoms with van der Waals surface area (Å²) in [6, 6.07) is 1.96. The van der Waals surface area contributed by atoms with Gasteiger partial charge in [-0.2, -0.15) is 12.6 Å².